The van der Waals surface area contributed by atoms with Gasteiger partial charge in [-0.15, -0.1) is 0 Å². The molecule has 0 aromatic rings. The Kier molecular flexibility index (Phi) is 11.7. The Morgan fingerprint density at radius 1 is 0.564 bits per heavy atom. The van der Waals surface area contributed by atoms with E-state index in [4.69, 9.17) is 0 Å². The first-order valence-corrected chi connectivity index (χ1v) is 34.9. The molecule has 0 aliphatic heterocycles. The SMILES string of the molecule is CC1=C(C)C(C)=[C]([Zr]([CH]2C(C)=C(C)C(C)=C2C)[SiH](C)C)C1.CC1=C(C)[CH]([Zr]([C]2=CC=CC2)[SiH](C)C)C(C)=C1C. The van der Waals surface area contributed by atoms with Crippen molar-refractivity contribution in [3.63, 3.8) is 0 Å². The van der Waals surface area contributed by atoms with Crippen LogP contribution in [0.25, 0.3) is 0 Å². The Morgan fingerprint density at radius 2 is 0.974 bits per heavy atom. The van der Waals surface area contributed by atoms with Crippen molar-refractivity contribution in [3.05, 3.63) is 86.1 Å². The summed E-state index contributed by atoms with van der Waals surface area (Å²) in [6, 6.07) is 0. The van der Waals surface area contributed by atoms with Crippen molar-refractivity contribution in [2.75, 3.05) is 0 Å². The first-order chi connectivity index (χ1) is 18.1. The normalized spacial score (nSPS) is 20.7. The molecule has 0 atom stereocenters. The topological polar surface area (TPSA) is 0 Å². The molecule has 4 aliphatic rings. The van der Waals surface area contributed by atoms with Crippen LogP contribution >= 0.6 is 0 Å². The molecule has 0 saturated carbocycles. The fourth-order valence-corrected chi connectivity index (χ4v) is 52.5. The van der Waals surface area contributed by atoms with Gasteiger partial charge in [0.2, 0.25) is 0 Å². The van der Waals surface area contributed by atoms with Crippen LogP contribution in [0.1, 0.15) is 89.0 Å². The van der Waals surface area contributed by atoms with Gasteiger partial charge in [0.1, 0.15) is 0 Å². The van der Waals surface area contributed by atoms with E-state index in [-0.39, 0.29) is 0 Å². The number of rotatable bonds is 6. The van der Waals surface area contributed by atoms with Crippen LogP contribution in [-0.4, -0.2) is 11.8 Å². The number of allylic oxidation sites excluding steroid dienone is 16. The molecule has 4 heteroatoms. The summed E-state index contributed by atoms with van der Waals surface area (Å²) in [5.74, 6) is -1.08. The molecule has 4 aliphatic carbocycles. The number of hydrogen-bond donors (Lipinski definition) is 0. The first kappa shape index (κ1) is 33.6. The van der Waals surface area contributed by atoms with Crippen molar-refractivity contribution >= 4 is 11.8 Å². The van der Waals surface area contributed by atoms with Crippen molar-refractivity contribution in [1.29, 1.82) is 0 Å². The molecule has 0 heterocycles. The molecule has 0 aromatic heterocycles. The van der Waals surface area contributed by atoms with Gasteiger partial charge in [0.25, 0.3) is 0 Å². The van der Waals surface area contributed by atoms with Gasteiger partial charge in [-0.3, -0.25) is 0 Å². The average molecular weight is 715 g/mol. The van der Waals surface area contributed by atoms with Crippen molar-refractivity contribution in [2.45, 2.75) is 122 Å². The van der Waals surface area contributed by atoms with Crippen LogP contribution in [0.15, 0.2) is 86.1 Å². The Balaban J connectivity index is 0.000000218. The van der Waals surface area contributed by atoms with Gasteiger partial charge < -0.3 is 0 Å². The van der Waals surface area contributed by atoms with Gasteiger partial charge in [0, 0.05) is 0 Å². The third kappa shape index (κ3) is 6.55. The second-order valence-corrected chi connectivity index (χ2v) is 52.7. The molecule has 0 fully saturated rings. The Labute approximate surface area is 259 Å². The van der Waals surface area contributed by atoms with E-state index < -0.39 is 53.7 Å². The van der Waals surface area contributed by atoms with E-state index in [0.29, 0.717) is 0 Å². The molecule has 0 radical (unpaired) electrons. The maximum atomic E-state index is 2.63. The zero-order valence-corrected chi connectivity index (χ0v) is 35.2. The summed E-state index contributed by atoms with van der Waals surface area (Å²) in [5, 5.41) is 0. The van der Waals surface area contributed by atoms with Gasteiger partial charge >= 0.3 is 262 Å². The zero-order valence-electron chi connectivity index (χ0n) is 28.0. The molecule has 0 saturated heterocycles. The Hall–Kier alpha value is 0.120. The van der Waals surface area contributed by atoms with Crippen molar-refractivity contribution in [2.24, 2.45) is 0 Å². The summed E-state index contributed by atoms with van der Waals surface area (Å²) < 4.78 is 5.61. The van der Waals surface area contributed by atoms with Crippen LogP contribution in [0, 0.1) is 0 Å². The average Bonchev–Trinajstić information content (AvgIpc) is 3.59. The van der Waals surface area contributed by atoms with Gasteiger partial charge in [-0.05, 0) is 0 Å². The molecule has 0 nitrogen and oxygen atoms in total. The molecule has 0 N–H and O–H groups in total. The molecule has 212 valence electrons. The van der Waals surface area contributed by atoms with E-state index in [1.54, 1.807) is 61.3 Å². The molecule has 0 aromatic carbocycles. The van der Waals surface area contributed by atoms with Crippen LogP contribution in [0.5, 0.6) is 0 Å². The van der Waals surface area contributed by atoms with E-state index in [1.165, 1.54) is 12.8 Å². The Morgan fingerprint density at radius 3 is 1.28 bits per heavy atom. The van der Waals surface area contributed by atoms with E-state index in [0.717, 1.165) is 7.25 Å². The van der Waals surface area contributed by atoms with E-state index >= 15 is 0 Å². The van der Waals surface area contributed by atoms with Gasteiger partial charge in [-0.1, -0.05) is 0 Å². The van der Waals surface area contributed by atoms with Crippen molar-refractivity contribution in [1.82, 2.24) is 0 Å². The molecule has 4 rings (SSSR count). The molecular formula is C35H56Si2Zr2. The second kappa shape index (κ2) is 13.6. The number of hydrogen-bond acceptors (Lipinski definition) is 0. The third-order valence-corrected chi connectivity index (χ3v) is 52.8. The van der Waals surface area contributed by atoms with Gasteiger partial charge in [-0.25, -0.2) is 0 Å². The molecule has 0 spiro atoms. The summed E-state index contributed by atoms with van der Waals surface area (Å²) in [7, 11) is 0. The van der Waals surface area contributed by atoms with Crippen molar-refractivity contribution in [3.8, 4) is 0 Å². The summed E-state index contributed by atoms with van der Waals surface area (Å²) in [5.41, 5.74) is 18.2. The fraction of sp³-hybridized carbons (Fsp3) is 0.543. The van der Waals surface area contributed by atoms with Crippen LogP contribution in [0.2, 0.25) is 33.4 Å². The van der Waals surface area contributed by atoms with E-state index in [9.17, 15) is 0 Å². The van der Waals surface area contributed by atoms with Crippen LogP contribution in [0.4, 0.5) is 0 Å². The van der Waals surface area contributed by atoms with Crippen LogP contribution < -0.4 is 0 Å². The first-order valence-electron chi connectivity index (χ1n) is 15.3. The molecule has 0 bridgehead atoms. The summed E-state index contributed by atoms with van der Waals surface area (Å²) >= 11 is -3.02. The second-order valence-electron chi connectivity index (χ2n) is 13.3. The van der Waals surface area contributed by atoms with E-state index in [1.807, 2.05) is 6.56 Å². The molecule has 0 amide bonds. The monoisotopic (exact) mass is 712 g/mol. The minimum absolute atomic E-state index is 0.503. The molecule has 39 heavy (non-hydrogen) atoms. The van der Waals surface area contributed by atoms with Gasteiger partial charge in [0.05, 0.1) is 0 Å². The van der Waals surface area contributed by atoms with E-state index in [2.05, 4.69) is 121 Å². The Bertz CT molecular complexity index is 1230. The van der Waals surface area contributed by atoms with Crippen LogP contribution in [-0.2, 0) is 41.8 Å². The standard InChI is InChI=1S/2C9H13.C8H11.C5H5.2C2H7Si.2Zr/c2*1-6-5-7(2)9(4)8(6)3;1-6-4-5-7(2)8(6)3;1-2-4-5-3-1;2*1-3-2;;/h2*5H,1-4H3;4H2,1-3H3;1-3H,4H2;2*3H,1-2H3;;. The van der Waals surface area contributed by atoms with Crippen LogP contribution in [0.3, 0.4) is 0 Å². The minimum atomic E-state index is -1.58. The zero-order chi connectivity index (χ0) is 29.5. The maximum absolute atomic E-state index is 2.63. The summed E-state index contributed by atoms with van der Waals surface area (Å²) in [6.45, 7) is 36.6. The third-order valence-electron chi connectivity index (χ3n) is 10.7. The predicted octanol–water partition coefficient (Wildman–Crippen LogP) is 11.0. The quantitative estimate of drug-likeness (QED) is 0.240. The van der Waals surface area contributed by atoms with Gasteiger partial charge in [0.15, 0.2) is 0 Å². The fourth-order valence-electron chi connectivity index (χ4n) is 7.43. The predicted molar refractivity (Wildman–Crippen MR) is 176 cm³/mol. The molecular weight excluding hydrogens is 659 g/mol. The molecule has 0 unspecified atom stereocenters. The summed E-state index contributed by atoms with van der Waals surface area (Å²) in [6.07, 6.45) is 9.70. The summed E-state index contributed by atoms with van der Waals surface area (Å²) in [4.78, 5) is 0. The van der Waals surface area contributed by atoms with Crippen molar-refractivity contribution < 1.29 is 41.8 Å². The van der Waals surface area contributed by atoms with Gasteiger partial charge in [-0.2, -0.15) is 0 Å².